The lowest BCUT2D eigenvalue weighted by Gasteiger charge is -2.22. The predicted octanol–water partition coefficient (Wildman–Crippen LogP) is 1.99. The molecular formula is C17H24ClN5O. The van der Waals surface area contributed by atoms with E-state index in [9.17, 15) is 4.79 Å². The van der Waals surface area contributed by atoms with E-state index < -0.39 is 0 Å². The molecule has 1 aliphatic rings. The molecule has 1 atom stereocenters. The predicted molar refractivity (Wildman–Crippen MR) is 95.5 cm³/mol. The van der Waals surface area contributed by atoms with Gasteiger partial charge in [0.05, 0.1) is 6.04 Å². The molecule has 3 rings (SSSR count). The van der Waals surface area contributed by atoms with E-state index in [1.165, 1.54) is 0 Å². The first-order chi connectivity index (χ1) is 11.3. The van der Waals surface area contributed by atoms with Gasteiger partial charge >= 0.3 is 0 Å². The lowest BCUT2D eigenvalue weighted by atomic mass is 10.1. The van der Waals surface area contributed by atoms with Gasteiger partial charge in [0.25, 0.3) is 5.91 Å². The molecule has 130 valence electrons. The van der Waals surface area contributed by atoms with Crippen LogP contribution >= 0.6 is 12.4 Å². The second-order valence-electron chi connectivity index (χ2n) is 5.86. The van der Waals surface area contributed by atoms with Crippen LogP contribution in [-0.2, 0) is 6.42 Å². The Labute approximate surface area is 148 Å². The van der Waals surface area contributed by atoms with Gasteiger partial charge in [-0.1, -0.05) is 6.07 Å². The third-order valence-electron chi connectivity index (χ3n) is 4.11. The molecule has 0 aliphatic carbocycles. The van der Waals surface area contributed by atoms with Crippen LogP contribution < -0.4 is 10.6 Å². The molecule has 7 heteroatoms. The first kappa shape index (κ1) is 18.4. The van der Waals surface area contributed by atoms with E-state index in [1.807, 2.05) is 29.1 Å². The van der Waals surface area contributed by atoms with E-state index in [2.05, 4.69) is 20.7 Å². The summed E-state index contributed by atoms with van der Waals surface area (Å²) < 4.78 is 1.91. The first-order valence-corrected chi connectivity index (χ1v) is 8.27. The summed E-state index contributed by atoms with van der Waals surface area (Å²) in [7, 11) is 0. The number of carbonyl (C=O) groups is 1. The Bertz CT molecular complexity index is 625. The number of aromatic nitrogens is 3. The molecule has 1 amide bonds. The third kappa shape index (κ3) is 5.04. The Balaban J connectivity index is 0.00000208. The zero-order valence-electron chi connectivity index (χ0n) is 13.6. The highest BCUT2D eigenvalue weighted by Gasteiger charge is 2.17. The summed E-state index contributed by atoms with van der Waals surface area (Å²) in [6.07, 6.45) is 7.69. The maximum absolute atomic E-state index is 12.1. The van der Waals surface area contributed by atoms with Crippen molar-refractivity contribution in [1.29, 1.82) is 0 Å². The molecule has 0 saturated carbocycles. The van der Waals surface area contributed by atoms with Crippen molar-refractivity contribution in [2.75, 3.05) is 19.6 Å². The van der Waals surface area contributed by atoms with Crippen molar-refractivity contribution in [3.63, 3.8) is 0 Å². The average Bonchev–Trinajstić information content (AvgIpc) is 3.10. The van der Waals surface area contributed by atoms with Crippen LogP contribution in [-0.4, -0.2) is 40.3 Å². The summed E-state index contributed by atoms with van der Waals surface area (Å²) in [5.74, 6) is -0.103. The quantitative estimate of drug-likeness (QED) is 0.782. The molecule has 0 spiro atoms. The number of aryl methyl sites for hydroxylation is 1. The van der Waals surface area contributed by atoms with E-state index in [0.717, 1.165) is 44.5 Å². The Kier molecular flexibility index (Phi) is 7.21. The molecule has 1 aliphatic heterocycles. The van der Waals surface area contributed by atoms with Crippen LogP contribution in [0.25, 0.3) is 0 Å². The highest BCUT2D eigenvalue weighted by atomic mass is 35.5. The number of hydrogen-bond acceptors (Lipinski definition) is 4. The average molecular weight is 350 g/mol. The molecule has 1 unspecified atom stereocenters. The fraction of sp³-hybridized carbons (Fsp3) is 0.471. The summed E-state index contributed by atoms with van der Waals surface area (Å²) in [5, 5.41) is 10.7. The molecular weight excluding hydrogens is 326 g/mol. The van der Waals surface area contributed by atoms with Gasteiger partial charge < -0.3 is 10.6 Å². The van der Waals surface area contributed by atoms with Gasteiger partial charge in [-0.3, -0.25) is 14.5 Å². The Morgan fingerprint density at radius 2 is 2.29 bits per heavy atom. The molecule has 24 heavy (non-hydrogen) atoms. The number of halogens is 1. The van der Waals surface area contributed by atoms with Gasteiger partial charge in [-0.15, -0.1) is 12.4 Å². The van der Waals surface area contributed by atoms with Crippen molar-refractivity contribution in [2.45, 2.75) is 31.7 Å². The second kappa shape index (κ2) is 9.39. The van der Waals surface area contributed by atoms with Crippen LogP contribution in [0.4, 0.5) is 0 Å². The molecule has 2 aromatic heterocycles. The van der Waals surface area contributed by atoms with Crippen LogP contribution in [0.5, 0.6) is 0 Å². The highest BCUT2D eigenvalue weighted by molar-refractivity contribution is 5.92. The Morgan fingerprint density at radius 3 is 3.04 bits per heavy atom. The van der Waals surface area contributed by atoms with Gasteiger partial charge in [0, 0.05) is 31.2 Å². The van der Waals surface area contributed by atoms with Gasteiger partial charge in [0.15, 0.2) is 0 Å². The highest BCUT2D eigenvalue weighted by Crippen LogP contribution is 2.15. The maximum atomic E-state index is 12.1. The SMILES string of the molecule is Cl.O=C(NCCCc1ccccn1)c1ccn(C2CCCNC2)n1. The summed E-state index contributed by atoms with van der Waals surface area (Å²) in [6.45, 7) is 2.63. The molecule has 2 N–H and O–H groups in total. The van der Waals surface area contributed by atoms with Crippen molar-refractivity contribution < 1.29 is 4.79 Å². The summed E-state index contributed by atoms with van der Waals surface area (Å²) in [6, 6.07) is 8.04. The molecule has 1 saturated heterocycles. The van der Waals surface area contributed by atoms with Gasteiger partial charge in [0.1, 0.15) is 5.69 Å². The second-order valence-corrected chi connectivity index (χ2v) is 5.86. The number of pyridine rings is 1. The molecule has 0 aromatic carbocycles. The van der Waals surface area contributed by atoms with Crippen molar-refractivity contribution >= 4 is 18.3 Å². The number of nitrogens with zero attached hydrogens (tertiary/aromatic N) is 3. The largest absolute Gasteiger partial charge is 0.351 e. The first-order valence-electron chi connectivity index (χ1n) is 8.27. The smallest absolute Gasteiger partial charge is 0.271 e. The van der Waals surface area contributed by atoms with E-state index >= 15 is 0 Å². The molecule has 2 aromatic rings. The van der Waals surface area contributed by atoms with Crippen molar-refractivity contribution in [2.24, 2.45) is 0 Å². The topological polar surface area (TPSA) is 71.8 Å². The van der Waals surface area contributed by atoms with Gasteiger partial charge in [-0.25, -0.2) is 0 Å². The minimum Gasteiger partial charge on any atom is -0.351 e. The summed E-state index contributed by atoms with van der Waals surface area (Å²) in [4.78, 5) is 16.4. The van der Waals surface area contributed by atoms with Gasteiger partial charge in [-0.05, 0) is 50.4 Å². The summed E-state index contributed by atoms with van der Waals surface area (Å²) in [5.41, 5.74) is 1.55. The fourth-order valence-corrected chi connectivity index (χ4v) is 2.83. The number of amides is 1. The summed E-state index contributed by atoms with van der Waals surface area (Å²) >= 11 is 0. The zero-order valence-corrected chi connectivity index (χ0v) is 14.5. The standard InChI is InChI=1S/C17H23N5O.ClH/c23-17(20-11-3-6-14-5-1-2-10-19-14)16-8-12-22(21-16)15-7-4-9-18-13-15;/h1-2,5,8,10,12,15,18H,3-4,6-7,9,11,13H2,(H,20,23);1H. The van der Waals surface area contributed by atoms with E-state index in [0.29, 0.717) is 18.3 Å². The minimum atomic E-state index is -0.103. The number of piperidine rings is 1. The van der Waals surface area contributed by atoms with Crippen molar-refractivity contribution in [3.05, 3.63) is 48.0 Å². The van der Waals surface area contributed by atoms with Gasteiger partial charge in [-0.2, -0.15) is 5.10 Å². The van der Waals surface area contributed by atoms with Crippen LogP contribution in [0.3, 0.4) is 0 Å². The lowest BCUT2D eigenvalue weighted by molar-refractivity contribution is 0.0947. The van der Waals surface area contributed by atoms with Crippen LogP contribution in [0, 0.1) is 0 Å². The number of hydrogen-bond donors (Lipinski definition) is 2. The molecule has 0 radical (unpaired) electrons. The van der Waals surface area contributed by atoms with Crippen LogP contribution in [0.1, 0.15) is 41.5 Å². The van der Waals surface area contributed by atoms with Crippen LogP contribution in [0.15, 0.2) is 36.7 Å². The number of nitrogens with one attached hydrogen (secondary N) is 2. The van der Waals surface area contributed by atoms with Crippen LogP contribution in [0.2, 0.25) is 0 Å². The molecule has 3 heterocycles. The minimum absolute atomic E-state index is 0. The maximum Gasteiger partial charge on any atom is 0.271 e. The number of rotatable bonds is 6. The van der Waals surface area contributed by atoms with Gasteiger partial charge in [0.2, 0.25) is 0 Å². The van der Waals surface area contributed by atoms with E-state index in [4.69, 9.17) is 0 Å². The lowest BCUT2D eigenvalue weighted by Crippen LogP contribution is -2.32. The third-order valence-corrected chi connectivity index (χ3v) is 4.11. The fourth-order valence-electron chi connectivity index (χ4n) is 2.83. The number of carbonyl (C=O) groups excluding carboxylic acids is 1. The Morgan fingerprint density at radius 1 is 1.38 bits per heavy atom. The van der Waals surface area contributed by atoms with E-state index in [1.54, 1.807) is 12.3 Å². The molecule has 1 fully saturated rings. The molecule has 6 nitrogen and oxygen atoms in total. The van der Waals surface area contributed by atoms with Crippen molar-refractivity contribution in [3.8, 4) is 0 Å². The van der Waals surface area contributed by atoms with E-state index in [-0.39, 0.29) is 18.3 Å². The Hall–Kier alpha value is -1.92. The van der Waals surface area contributed by atoms with Crippen molar-refractivity contribution in [1.82, 2.24) is 25.4 Å². The molecule has 0 bridgehead atoms. The zero-order chi connectivity index (χ0) is 15.9. The normalized spacial score (nSPS) is 17.1. The monoisotopic (exact) mass is 349 g/mol.